The molecule has 3 nitrogen and oxygen atoms in total. The van der Waals surface area contributed by atoms with Gasteiger partial charge in [0, 0.05) is 17.6 Å². The summed E-state index contributed by atoms with van der Waals surface area (Å²) in [4.78, 5) is 13.6. The maximum Gasteiger partial charge on any atom is 0.234 e. The summed E-state index contributed by atoms with van der Waals surface area (Å²) in [5.74, 6) is 0.0539. The van der Waals surface area contributed by atoms with E-state index in [2.05, 4.69) is 5.32 Å². The van der Waals surface area contributed by atoms with Gasteiger partial charge in [-0.3, -0.25) is 9.69 Å². The monoisotopic (exact) mass is 268 g/mol. The molecule has 1 N–H and O–H groups in total. The van der Waals surface area contributed by atoms with Gasteiger partial charge in [0.15, 0.2) is 0 Å². The number of likely N-dealkylation sites (N-methyl/N-ethyl adjacent to an activating group) is 1. The van der Waals surface area contributed by atoms with E-state index in [4.69, 9.17) is 11.6 Å². The van der Waals surface area contributed by atoms with Gasteiger partial charge < -0.3 is 5.32 Å². The number of nitrogens with zero attached hydrogens (tertiary/aromatic N) is 1. The maximum absolute atomic E-state index is 11.6. The van der Waals surface area contributed by atoms with E-state index in [1.54, 1.807) is 0 Å². The van der Waals surface area contributed by atoms with Crippen LogP contribution in [0.4, 0.5) is 0 Å². The van der Waals surface area contributed by atoms with E-state index in [1.165, 1.54) is 0 Å². The molecule has 1 atom stereocenters. The largest absolute Gasteiger partial charge is 0.355 e. The summed E-state index contributed by atoms with van der Waals surface area (Å²) >= 11 is 6.16. The molecule has 100 valence electrons. The van der Waals surface area contributed by atoms with Crippen molar-refractivity contribution in [3.63, 3.8) is 0 Å². The van der Waals surface area contributed by atoms with Gasteiger partial charge in [0.1, 0.15) is 0 Å². The first-order valence-electron chi connectivity index (χ1n) is 6.27. The van der Waals surface area contributed by atoms with Crippen LogP contribution in [-0.4, -0.2) is 30.9 Å². The Bertz CT molecular complexity index is 395. The van der Waals surface area contributed by atoms with Crippen molar-refractivity contribution in [1.82, 2.24) is 10.2 Å². The fourth-order valence-electron chi connectivity index (χ4n) is 1.74. The first-order valence-corrected chi connectivity index (χ1v) is 6.65. The Morgan fingerprint density at radius 1 is 1.44 bits per heavy atom. The highest BCUT2D eigenvalue weighted by Crippen LogP contribution is 2.25. The highest BCUT2D eigenvalue weighted by atomic mass is 35.5. The van der Waals surface area contributed by atoms with E-state index in [-0.39, 0.29) is 11.9 Å². The van der Waals surface area contributed by atoms with E-state index >= 15 is 0 Å². The molecule has 0 radical (unpaired) electrons. The highest BCUT2D eigenvalue weighted by molar-refractivity contribution is 6.31. The van der Waals surface area contributed by atoms with Crippen LogP contribution in [0.1, 0.15) is 31.9 Å². The van der Waals surface area contributed by atoms with Crippen LogP contribution < -0.4 is 5.32 Å². The zero-order valence-corrected chi connectivity index (χ0v) is 12.0. The Labute approximate surface area is 114 Å². The standard InChI is InChI=1S/C14H21ClN2O/c1-4-9-16-14(18)10-17(3)11(2)12-7-5-6-8-13(12)15/h5-8,11H,4,9-10H2,1-3H3,(H,16,18). The topological polar surface area (TPSA) is 32.3 Å². The van der Waals surface area contributed by atoms with Gasteiger partial charge in [-0.05, 0) is 32.0 Å². The number of rotatable bonds is 6. The summed E-state index contributed by atoms with van der Waals surface area (Å²) in [6.07, 6.45) is 0.954. The molecule has 0 aliphatic heterocycles. The molecular formula is C14H21ClN2O. The van der Waals surface area contributed by atoms with Crippen LogP contribution in [0, 0.1) is 0 Å². The van der Waals surface area contributed by atoms with E-state index < -0.39 is 0 Å². The van der Waals surface area contributed by atoms with Gasteiger partial charge in [-0.15, -0.1) is 0 Å². The van der Waals surface area contributed by atoms with Gasteiger partial charge >= 0.3 is 0 Å². The number of carbonyl (C=O) groups excluding carboxylic acids is 1. The summed E-state index contributed by atoms with van der Waals surface area (Å²) in [6.45, 7) is 5.20. The molecule has 0 saturated carbocycles. The van der Waals surface area contributed by atoms with Crippen molar-refractivity contribution >= 4 is 17.5 Å². The summed E-state index contributed by atoms with van der Waals surface area (Å²) in [5.41, 5.74) is 1.05. The van der Waals surface area contributed by atoms with E-state index in [0.29, 0.717) is 6.54 Å². The first kappa shape index (κ1) is 15.0. The second-order valence-corrected chi connectivity index (χ2v) is 4.87. The van der Waals surface area contributed by atoms with Crippen LogP contribution >= 0.6 is 11.6 Å². The molecule has 0 aromatic heterocycles. The number of hydrogen-bond donors (Lipinski definition) is 1. The zero-order chi connectivity index (χ0) is 13.5. The van der Waals surface area contributed by atoms with Crippen LogP contribution in [0.25, 0.3) is 0 Å². The van der Waals surface area contributed by atoms with Gasteiger partial charge in [-0.1, -0.05) is 36.7 Å². The lowest BCUT2D eigenvalue weighted by atomic mass is 10.1. The van der Waals surface area contributed by atoms with Gasteiger partial charge in [0.2, 0.25) is 5.91 Å². The van der Waals surface area contributed by atoms with E-state index in [0.717, 1.165) is 23.6 Å². The lowest BCUT2D eigenvalue weighted by Gasteiger charge is -2.25. The minimum Gasteiger partial charge on any atom is -0.355 e. The van der Waals surface area contributed by atoms with Crippen LogP contribution in [0.3, 0.4) is 0 Å². The molecule has 1 aromatic rings. The van der Waals surface area contributed by atoms with Crippen molar-refractivity contribution in [3.05, 3.63) is 34.9 Å². The van der Waals surface area contributed by atoms with Crippen LogP contribution in [0.15, 0.2) is 24.3 Å². The second-order valence-electron chi connectivity index (χ2n) is 4.46. The average molecular weight is 269 g/mol. The maximum atomic E-state index is 11.6. The minimum atomic E-state index is 0.0539. The summed E-state index contributed by atoms with van der Waals surface area (Å²) in [7, 11) is 1.93. The van der Waals surface area contributed by atoms with Crippen molar-refractivity contribution in [2.75, 3.05) is 20.1 Å². The molecule has 0 saturated heterocycles. The molecule has 0 aliphatic rings. The molecule has 0 heterocycles. The van der Waals surface area contributed by atoms with Crippen LogP contribution in [0.2, 0.25) is 5.02 Å². The van der Waals surface area contributed by atoms with E-state index in [1.807, 2.05) is 50.1 Å². The first-order chi connectivity index (χ1) is 8.56. The Morgan fingerprint density at radius 3 is 2.72 bits per heavy atom. The van der Waals surface area contributed by atoms with Crippen molar-refractivity contribution in [2.24, 2.45) is 0 Å². The number of halogens is 1. The van der Waals surface area contributed by atoms with Crippen LogP contribution in [-0.2, 0) is 4.79 Å². The van der Waals surface area contributed by atoms with Gasteiger partial charge in [-0.2, -0.15) is 0 Å². The molecule has 1 unspecified atom stereocenters. The molecular weight excluding hydrogens is 248 g/mol. The molecule has 1 rings (SSSR count). The Hall–Kier alpha value is -1.06. The molecule has 1 amide bonds. The van der Waals surface area contributed by atoms with Gasteiger partial charge in [0.05, 0.1) is 6.54 Å². The third-order valence-electron chi connectivity index (χ3n) is 2.98. The number of nitrogens with one attached hydrogen (secondary N) is 1. The second kappa shape index (κ2) is 7.39. The smallest absolute Gasteiger partial charge is 0.234 e. The number of carbonyl (C=O) groups is 1. The molecule has 0 fully saturated rings. The van der Waals surface area contributed by atoms with E-state index in [9.17, 15) is 4.79 Å². The lowest BCUT2D eigenvalue weighted by Crippen LogP contribution is -2.36. The fourth-order valence-corrected chi connectivity index (χ4v) is 2.03. The predicted molar refractivity (Wildman–Crippen MR) is 75.8 cm³/mol. The summed E-state index contributed by atoms with van der Waals surface area (Å²) in [6, 6.07) is 7.85. The van der Waals surface area contributed by atoms with Crippen molar-refractivity contribution in [3.8, 4) is 0 Å². The molecule has 18 heavy (non-hydrogen) atoms. The van der Waals surface area contributed by atoms with Gasteiger partial charge in [0.25, 0.3) is 0 Å². The minimum absolute atomic E-state index is 0.0539. The predicted octanol–water partition coefficient (Wildman–Crippen LogP) is 2.86. The molecule has 1 aromatic carbocycles. The quantitative estimate of drug-likeness (QED) is 0.860. The Kier molecular flexibility index (Phi) is 6.16. The number of hydrogen-bond acceptors (Lipinski definition) is 2. The number of amides is 1. The summed E-state index contributed by atoms with van der Waals surface area (Å²) in [5, 5.41) is 3.61. The SMILES string of the molecule is CCCNC(=O)CN(C)C(C)c1ccccc1Cl. The highest BCUT2D eigenvalue weighted by Gasteiger charge is 2.16. The van der Waals surface area contributed by atoms with Crippen molar-refractivity contribution in [1.29, 1.82) is 0 Å². The van der Waals surface area contributed by atoms with Gasteiger partial charge in [-0.25, -0.2) is 0 Å². The molecule has 4 heteroatoms. The molecule has 0 spiro atoms. The summed E-state index contributed by atoms with van der Waals surface area (Å²) < 4.78 is 0. The normalized spacial score (nSPS) is 12.5. The average Bonchev–Trinajstić information content (AvgIpc) is 2.36. The zero-order valence-electron chi connectivity index (χ0n) is 11.2. The fraction of sp³-hybridized carbons (Fsp3) is 0.500. The lowest BCUT2D eigenvalue weighted by molar-refractivity contribution is -0.122. The molecule has 0 bridgehead atoms. The van der Waals surface area contributed by atoms with Crippen LogP contribution in [0.5, 0.6) is 0 Å². The third kappa shape index (κ3) is 4.31. The third-order valence-corrected chi connectivity index (χ3v) is 3.33. The van der Waals surface area contributed by atoms with Crippen molar-refractivity contribution < 1.29 is 4.79 Å². The molecule has 0 aliphatic carbocycles. The van der Waals surface area contributed by atoms with Crippen molar-refractivity contribution in [2.45, 2.75) is 26.3 Å². The Morgan fingerprint density at radius 2 is 2.11 bits per heavy atom. The Balaban J connectivity index is 2.59. The number of benzene rings is 1.